The molecule has 1 N–H and O–H groups in total. The van der Waals surface area contributed by atoms with E-state index in [1.54, 1.807) is 18.6 Å². The lowest BCUT2D eigenvalue weighted by Gasteiger charge is -2.38. The molecular weight excluding hydrogens is 360 g/mol. The predicted octanol–water partition coefficient (Wildman–Crippen LogP) is 4.86. The van der Waals surface area contributed by atoms with E-state index < -0.39 is 0 Å². The number of pyridine rings is 1. The van der Waals surface area contributed by atoms with Crippen LogP contribution in [0.25, 0.3) is 28.4 Å². The van der Waals surface area contributed by atoms with Crippen LogP contribution in [0.3, 0.4) is 0 Å². The Balaban J connectivity index is 1.67. The van der Waals surface area contributed by atoms with Crippen LogP contribution >= 0.6 is 0 Å². The molecule has 1 atom stereocenters. The number of anilines is 1. The van der Waals surface area contributed by atoms with Gasteiger partial charge in [-0.3, -0.25) is 4.98 Å². The Hall–Kier alpha value is -3.28. The number of hydrogen-bond donors (Lipinski definition) is 1. The van der Waals surface area contributed by atoms with E-state index in [9.17, 15) is 0 Å². The van der Waals surface area contributed by atoms with Gasteiger partial charge in [-0.2, -0.15) is 9.50 Å². The van der Waals surface area contributed by atoms with Gasteiger partial charge in [0.05, 0.1) is 5.69 Å². The molecule has 0 saturated carbocycles. The van der Waals surface area contributed by atoms with Crippen molar-refractivity contribution in [3.8, 4) is 22.6 Å². The van der Waals surface area contributed by atoms with Crippen molar-refractivity contribution in [2.24, 2.45) is 0 Å². The first-order chi connectivity index (χ1) is 13.9. The van der Waals surface area contributed by atoms with Gasteiger partial charge < -0.3 is 5.32 Å². The monoisotopic (exact) mass is 384 g/mol. The standard InChI is InChI=1S/C23H24N6/c1-14-11-19-17(15(2)13-23(3,4)27-19)12-18(14)20-7-10-25-22-26-21(28-29(20)22)16-5-8-24-9-6-16/h5-12,15,27H,13H2,1-4H3/t15-/m0/s1. The number of fused-ring (bicyclic) bond motifs is 2. The van der Waals surface area contributed by atoms with Crippen LogP contribution in [0.5, 0.6) is 0 Å². The van der Waals surface area contributed by atoms with Crippen molar-refractivity contribution in [2.75, 3.05) is 5.32 Å². The Morgan fingerprint density at radius 1 is 1.10 bits per heavy atom. The maximum absolute atomic E-state index is 4.75. The molecule has 6 nitrogen and oxygen atoms in total. The van der Waals surface area contributed by atoms with Gasteiger partial charge in [-0.15, -0.1) is 5.10 Å². The van der Waals surface area contributed by atoms with Crippen LogP contribution in [0.1, 0.15) is 44.2 Å². The zero-order valence-corrected chi connectivity index (χ0v) is 17.1. The molecule has 6 heteroatoms. The predicted molar refractivity (Wildman–Crippen MR) is 115 cm³/mol. The molecule has 0 amide bonds. The third-order valence-electron chi connectivity index (χ3n) is 5.67. The molecule has 3 aromatic heterocycles. The molecule has 4 aromatic rings. The summed E-state index contributed by atoms with van der Waals surface area (Å²) in [5.74, 6) is 1.74. The summed E-state index contributed by atoms with van der Waals surface area (Å²) >= 11 is 0. The van der Waals surface area contributed by atoms with Crippen LogP contribution in [0, 0.1) is 6.92 Å². The highest BCUT2D eigenvalue weighted by atomic mass is 15.3. The zero-order chi connectivity index (χ0) is 20.2. The minimum absolute atomic E-state index is 0.107. The number of nitrogens with one attached hydrogen (secondary N) is 1. The molecule has 4 heterocycles. The number of aryl methyl sites for hydroxylation is 1. The molecule has 1 aliphatic heterocycles. The molecular formula is C23H24N6. The van der Waals surface area contributed by atoms with Gasteiger partial charge in [0.25, 0.3) is 5.78 Å². The first-order valence-electron chi connectivity index (χ1n) is 9.96. The van der Waals surface area contributed by atoms with Crippen molar-refractivity contribution in [2.45, 2.75) is 45.6 Å². The Kier molecular flexibility index (Phi) is 3.91. The molecule has 146 valence electrons. The summed E-state index contributed by atoms with van der Waals surface area (Å²) in [6.45, 7) is 8.98. The smallest absolute Gasteiger partial charge is 0.253 e. The normalized spacial score (nSPS) is 17.7. The van der Waals surface area contributed by atoms with Crippen molar-refractivity contribution >= 4 is 11.5 Å². The molecule has 5 rings (SSSR count). The second-order valence-electron chi connectivity index (χ2n) is 8.58. The number of benzene rings is 1. The number of rotatable bonds is 2. The Bertz CT molecular complexity index is 1210. The van der Waals surface area contributed by atoms with Gasteiger partial charge in [0.1, 0.15) is 0 Å². The van der Waals surface area contributed by atoms with E-state index >= 15 is 0 Å². The Morgan fingerprint density at radius 3 is 2.69 bits per heavy atom. The summed E-state index contributed by atoms with van der Waals surface area (Å²) in [5.41, 5.74) is 6.99. The Morgan fingerprint density at radius 2 is 1.90 bits per heavy atom. The summed E-state index contributed by atoms with van der Waals surface area (Å²) in [5, 5.41) is 8.45. The Labute approximate surface area is 170 Å². The molecule has 0 saturated heterocycles. The van der Waals surface area contributed by atoms with Gasteiger partial charge in [0, 0.05) is 40.9 Å². The van der Waals surface area contributed by atoms with Crippen LogP contribution in [0.15, 0.2) is 48.9 Å². The van der Waals surface area contributed by atoms with Gasteiger partial charge in [0.15, 0.2) is 5.82 Å². The van der Waals surface area contributed by atoms with E-state index in [1.807, 2.05) is 22.7 Å². The zero-order valence-electron chi connectivity index (χ0n) is 17.1. The van der Waals surface area contributed by atoms with Gasteiger partial charge in [-0.05, 0) is 74.6 Å². The first-order valence-corrected chi connectivity index (χ1v) is 9.96. The van der Waals surface area contributed by atoms with Gasteiger partial charge in [-0.1, -0.05) is 6.92 Å². The molecule has 0 radical (unpaired) electrons. The number of nitrogens with zero attached hydrogens (tertiary/aromatic N) is 5. The molecule has 29 heavy (non-hydrogen) atoms. The number of aromatic nitrogens is 5. The molecule has 0 aliphatic carbocycles. The highest BCUT2D eigenvalue weighted by Gasteiger charge is 2.30. The van der Waals surface area contributed by atoms with Crippen molar-refractivity contribution in [1.82, 2.24) is 24.6 Å². The lowest BCUT2D eigenvalue weighted by Crippen LogP contribution is -2.36. The fraction of sp³-hybridized carbons (Fsp3) is 0.304. The van der Waals surface area contributed by atoms with E-state index in [2.05, 4.69) is 60.1 Å². The fourth-order valence-electron chi connectivity index (χ4n) is 4.43. The summed E-state index contributed by atoms with van der Waals surface area (Å²) in [6.07, 6.45) is 6.40. The molecule has 0 spiro atoms. The average Bonchev–Trinajstić information content (AvgIpc) is 3.12. The second kappa shape index (κ2) is 6.37. The minimum atomic E-state index is 0.107. The topological polar surface area (TPSA) is 68.0 Å². The van der Waals surface area contributed by atoms with E-state index in [4.69, 9.17) is 5.10 Å². The van der Waals surface area contributed by atoms with Crippen LogP contribution < -0.4 is 5.32 Å². The largest absolute Gasteiger partial charge is 0.380 e. The van der Waals surface area contributed by atoms with E-state index in [0.29, 0.717) is 17.5 Å². The summed E-state index contributed by atoms with van der Waals surface area (Å²) < 4.78 is 1.84. The molecule has 0 fully saturated rings. The minimum Gasteiger partial charge on any atom is -0.380 e. The van der Waals surface area contributed by atoms with Crippen LogP contribution in [0.2, 0.25) is 0 Å². The number of hydrogen-bond acceptors (Lipinski definition) is 5. The van der Waals surface area contributed by atoms with Crippen molar-refractivity contribution in [1.29, 1.82) is 0 Å². The lowest BCUT2D eigenvalue weighted by molar-refractivity contribution is 0.454. The third kappa shape index (κ3) is 3.05. The summed E-state index contributed by atoms with van der Waals surface area (Å²) in [4.78, 5) is 13.1. The van der Waals surface area contributed by atoms with Crippen LogP contribution in [-0.4, -0.2) is 30.1 Å². The molecule has 1 aliphatic rings. The highest BCUT2D eigenvalue weighted by Crippen LogP contribution is 2.41. The lowest BCUT2D eigenvalue weighted by atomic mass is 9.80. The fourth-order valence-corrected chi connectivity index (χ4v) is 4.43. The molecule has 1 aromatic carbocycles. The summed E-state index contributed by atoms with van der Waals surface area (Å²) in [7, 11) is 0. The average molecular weight is 384 g/mol. The van der Waals surface area contributed by atoms with Crippen molar-refractivity contribution in [3.63, 3.8) is 0 Å². The highest BCUT2D eigenvalue weighted by molar-refractivity contribution is 5.73. The molecule has 0 bridgehead atoms. The van der Waals surface area contributed by atoms with E-state index in [0.717, 1.165) is 23.2 Å². The quantitative estimate of drug-likeness (QED) is 0.534. The first kappa shape index (κ1) is 17.8. The van der Waals surface area contributed by atoms with Gasteiger partial charge in [0.2, 0.25) is 0 Å². The maximum Gasteiger partial charge on any atom is 0.253 e. The van der Waals surface area contributed by atoms with E-state index in [-0.39, 0.29) is 5.54 Å². The van der Waals surface area contributed by atoms with Crippen LogP contribution in [0.4, 0.5) is 5.69 Å². The summed E-state index contributed by atoms with van der Waals surface area (Å²) in [6, 6.07) is 10.4. The van der Waals surface area contributed by atoms with Crippen LogP contribution in [-0.2, 0) is 0 Å². The molecule has 0 unspecified atom stereocenters. The van der Waals surface area contributed by atoms with Crippen molar-refractivity contribution < 1.29 is 0 Å². The van der Waals surface area contributed by atoms with Crippen molar-refractivity contribution in [3.05, 3.63) is 60.0 Å². The van der Waals surface area contributed by atoms with Gasteiger partial charge in [-0.25, -0.2) is 4.98 Å². The second-order valence-corrected chi connectivity index (χ2v) is 8.58. The van der Waals surface area contributed by atoms with E-state index in [1.165, 1.54) is 16.8 Å². The third-order valence-corrected chi connectivity index (χ3v) is 5.67. The van der Waals surface area contributed by atoms with Gasteiger partial charge >= 0.3 is 0 Å². The SMILES string of the molecule is Cc1cc2c(cc1-c1ccnc3nc(-c4ccncc4)nn13)[C@@H](C)CC(C)(C)N2. The maximum atomic E-state index is 4.75.